The number of hydrogen-bond donors (Lipinski definition) is 0. The number of esters is 1. The molecule has 1 unspecified atom stereocenters. The lowest BCUT2D eigenvalue weighted by Crippen LogP contribution is -2.06. The smallest absolute Gasteiger partial charge is 0.306 e. The van der Waals surface area contributed by atoms with Crippen LogP contribution >= 0.6 is 0 Å². The largest absolute Gasteiger partial charge is 0.502 e. The van der Waals surface area contributed by atoms with E-state index in [-0.39, 0.29) is 12.1 Å². The minimum atomic E-state index is -0.219. The van der Waals surface area contributed by atoms with E-state index < -0.39 is 0 Å². The average molecular weight is 275 g/mol. The summed E-state index contributed by atoms with van der Waals surface area (Å²) in [6, 6.07) is 5.41. The Bertz CT molecular complexity index is 517. The average Bonchev–Trinajstić information content (AvgIpc) is 3.27. The second-order valence-corrected chi connectivity index (χ2v) is 4.49. The van der Waals surface area contributed by atoms with Gasteiger partial charge in [0.25, 0.3) is 0 Å². The van der Waals surface area contributed by atoms with Crippen molar-refractivity contribution in [2.45, 2.75) is 25.9 Å². The first-order valence-corrected chi connectivity index (χ1v) is 6.63. The van der Waals surface area contributed by atoms with Crippen LogP contribution in [-0.4, -0.2) is 31.9 Å². The van der Waals surface area contributed by atoms with Crippen molar-refractivity contribution in [1.29, 1.82) is 0 Å². The van der Waals surface area contributed by atoms with E-state index in [1.807, 2.05) is 6.07 Å². The normalized spacial score (nSPS) is 16.3. The number of nitrogens with zero attached hydrogens (tertiary/aromatic N) is 1. The summed E-state index contributed by atoms with van der Waals surface area (Å²) in [4.78, 5) is 14.8. The Labute approximate surface area is 118 Å². The molecule has 5 heteroatoms. The van der Waals surface area contributed by atoms with Gasteiger partial charge in [0.1, 0.15) is 18.5 Å². The second-order valence-electron chi connectivity index (χ2n) is 4.49. The topological polar surface area (TPSA) is 52.4 Å². The van der Waals surface area contributed by atoms with E-state index in [2.05, 4.69) is 4.85 Å². The standard InChI is InChI=1S/C15H17NO4/c1-3-18-15(17)7-5-11-4-6-14(13(8-11)16-2)20-10-12-9-19-12/h4,6,8,12H,3,5,7,9-10H2,1H3. The molecule has 0 N–H and O–H groups in total. The van der Waals surface area contributed by atoms with Gasteiger partial charge in [0.2, 0.25) is 5.69 Å². The van der Waals surface area contributed by atoms with Crippen LogP contribution < -0.4 is 4.74 Å². The molecule has 5 nitrogen and oxygen atoms in total. The number of hydrogen-bond acceptors (Lipinski definition) is 4. The van der Waals surface area contributed by atoms with Gasteiger partial charge in [0.05, 0.1) is 19.8 Å². The zero-order valence-electron chi connectivity index (χ0n) is 11.4. The summed E-state index contributed by atoms with van der Waals surface area (Å²) in [6.07, 6.45) is 1.05. The first-order chi connectivity index (χ1) is 9.72. The van der Waals surface area contributed by atoms with E-state index in [0.29, 0.717) is 37.5 Å². The number of ether oxygens (including phenoxy) is 3. The summed E-state index contributed by atoms with van der Waals surface area (Å²) in [6.45, 7) is 10.6. The fraction of sp³-hybridized carbons (Fsp3) is 0.467. The van der Waals surface area contributed by atoms with Crippen LogP contribution in [0.3, 0.4) is 0 Å². The maximum absolute atomic E-state index is 11.3. The van der Waals surface area contributed by atoms with E-state index in [4.69, 9.17) is 20.8 Å². The van der Waals surface area contributed by atoms with Crippen molar-refractivity contribution in [3.05, 3.63) is 35.2 Å². The number of rotatable bonds is 7. The van der Waals surface area contributed by atoms with Gasteiger partial charge < -0.3 is 14.2 Å². The van der Waals surface area contributed by atoms with Gasteiger partial charge in [-0.3, -0.25) is 4.79 Å². The molecule has 1 aromatic rings. The number of carbonyl (C=O) groups excluding carboxylic acids is 1. The van der Waals surface area contributed by atoms with Crippen molar-refractivity contribution in [3.63, 3.8) is 0 Å². The van der Waals surface area contributed by atoms with Crippen molar-refractivity contribution < 1.29 is 19.0 Å². The summed E-state index contributed by atoms with van der Waals surface area (Å²) in [7, 11) is 0. The summed E-state index contributed by atoms with van der Waals surface area (Å²) in [5, 5.41) is 0. The molecule has 0 saturated carbocycles. The van der Waals surface area contributed by atoms with Crippen LogP contribution in [0.15, 0.2) is 18.2 Å². The molecule has 0 radical (unpaired) electrons. The van der Waals surface area contributed by atoms with Crippen LogP contribution in [0.5, 0.6) is 5.75 Å². The Balaban J connectivity index is 1.93. The van der Waals surface area contributed by atoms with E-state index in [0.717, 1.165) is 12.2 Å². The molecule has 0 amide bonds. The number of carbonyl (C=O) groups is 1. The highest BCUT2D eigenvalue weighted by molar-refractivity contribution is 5.70. The Morgan fingerprint density at radius 1 is 1.55 bits per heavy atom. The van der Waals surface area contributed by atoms with Gasteiger partial charge in [-0.2, -0.15) is 0 Å². The maximum atomic E-state index is 11.3. The summed E-state index contributed by atoms with van der Waals surface area (Å²) < 4.78 is 15.5. The molecule has 0 aromatic heterocycles. The molecule has 1 aliphatic heterocycles. The Morgan fingerprint density at radius 2 is 2.35 bits per heavy atom. The molecular weight excluding hydrogens is 258 g/mol. The second kappa shape index (κ2) is 6.92. The molecule has 1 aliphatic rings. The molecule has 106 valence electrons. The highest BCUT2D eigenvalue weighted by Crippen LogP contribution is 2.30. The van der Waals surface area contributed by atoms with Crippen molar-refractivity contribution in [2.24, 2.45) is 0 Å². The van der Waals surface area contributed by atoms with Gasteiger partial charge in [-0.15, -0.1) is 0 Å². The number of epoxide rings is 1. The zero-order chi connectivity index (χ0) is 14.4. The minimum Gasteiger partial charge on any atom is -0.502 e. The van der Waals surface area contributed by atoms with Gasteiger partial charge in [0.15, 0.2) is 0 Å². The van der Waals surface area contributed by atoms with E-state index in [1.54, 1.807) is 19.1 Å². The molecule has 1 aromatic carbocycles. The van der Waals surface area contributed by atoms with Crippen molar-refractivity contribution >= 4 is 11.7 Å². The van der Waals surface area contributed by atoms with E-state index in [1.165, 1.54) is 0 Å². The van der Waals surface area contributed by atoms with Gasteiger partial charge in [-0.1, -0.05) is 11.6 Å². The predicted molar refractivity (Wildman–Crippen MR) is 72.9 cm³/mol. The Hall–Kier alpha value is -2.06. The third-order valence-electron chi connectivity index (χ3n) is 2.89. The van der Waals surface area contributed by atoms with E-state index in [9.17, 15) is 4.79 Å². The molecule has 0 aliphatic carbocycles. The Morgan fingerprint density at radius 3 is 3.00 bits per heavy atom. The zero-order valence-corrected chi connectivity index (χ0v) is 11.4. The molecule has 1 atom stereocenters. The molecular formula is C15H17NO4. The van der Waals surface area contributed by atoms with Crippen LogP contribution in [0.1, 0.15) is 18.9 Å². The van der Waals surface area contributed by atoms with Gasteiger partial charge in [-0.25, -0.2) is 4.85 Å². The SMILES string of the molecule is [C-]#[N+]c1cc(CCC(=O)OCC)ccc1OCC1CO1. The third-order valence-corrected chi connectivity index (χ3v) is 2.89. The molecule has 0 bridgehead atoms. The van der Waals surface area contributed by atoms with Gasteiger partial charge in [-0.05, 0) is 25.5 Å². The van der Waals surface area contributed by atoms with Crippen molar-refractivity contribution in [2.75, 3.05) is 19.8 Å². The van der Waals surface area contributed by atoms with Crippen LogP contribution in [0, 0.1) is 6.57 Å². The van der Waals surface area contributed by atoms with Gasteiger partial charge in [0, 0.05) is 6.42 Å². The number of benzene rings is 1. The molecule has 20 heavy (non-hydrogen) atoms. The molecule has 1 heterocycles. The summed E-state index contributed by atoms with van der Waals surface area (Å²) >= 11 is 0. The highest BCUT2D eigenvalue weighted by atomic mass is 16.6. The molecule has 2 rings (SSSR count). The van der Waals surface area contributed by atoms with Crippen molar-refractivity contribution in [1.82, 2.24) is 0 Å². The molecule has 1 saturated heterocycles. The monoisotopic (exact) mass is 275 g/mol. The van der Waals surface area contributed by atoms with Crippen molar-refractivity contribution in [3.8, 4) is 5.75 Å². The quantitative estimate of drug-likeness (QED) is 0.436. The predicted octanol–water partition coefficient (Wildman–Crippen LogP) is 2.51. The lowest BCUT2D eigenvalue weighted by atomic mass is 10.1. The lowest BCUT2D eigenvalue weighted by molar-refractivity contribution is -0.143. The van der Waals surface area contributed by atoms with Crippen LogP contribution in [0.4, 0.5) is 5.69 Å². The van der Waals surface area contributed by atoms with Crippen LogP contribution in [0.2, 0.25) is 0 Å². The van der Waals surface area contributed by atoms with E-state index >= 15 is 0 Å². The summed E-state index contributed by atoms with van der Waals surface area (Å²) in [5.41, 5.74) is 1.39. The van der Waals surface area contributed by atoms with Crippen LogP contribution in [0.25, 0.3) is 4.85 Å². The fourth-order valence-corrected chi connectivity index (χ4v) is 1.75. The minimum absolute atomic E-state index is 0.164. The summed E-state index contributed by atoms with van der Waals surface area (Å²) in [5.74, 6) is 0.346. The number of aryl methyl sites for hydroxylation is 1. The first kappa shape index (κ1) is 14.4. The lowest BCUT2D eigenvalue weighted by Gasteiger charge is -2.08. The maximum Gasteiger partial charge on any atom is 0.306 e. The molecule has 0 spiro atoms. The Kier molecular flexibility index (Phi) is 4.97. The first-order valence-electron chi connectivity index (χ1n) is 6.63. The molecule has 1 fully saturated rings. The van der Waals surface area contributed by atoms with Gasteiger partial charge >= 0.3 is 5.97 Å². The highest BCUT2D eigenvalue weighted by Gasteiger charge is 2.23. The third kappa shape index (κ3) is 4.25. The fourth-order valence-electron chi connectivity index (χ4n) is 1.75. The van der Waals surface area contributed by atoms with Crippen LogP contribution in [-0.2, 0) is 20.7 Å².